The van der Waals surface area contributed by atoms with E-state index in [0.29, 0.717) is 51.0 Å². The minimum absolute atomic E-state index is 0.234. The topological polar surface area (TPSA) is 72.5 Å². The van der Waals surface area contributed by atoms with E-state index in [-0.39, 0.29) is 5.97 Å². The molecule has 0 N–H and O–H groups in total. The molecule has 4 aromatic rings. The first-order valence-corrected chi connectivity index (χ1v) is 29.3. The van der Waals surface area contributed by atoms with E-state index in [1.807, 2.05) is 6.07 Å². The van der Waals surface area contributed by atoms with Crippen LogP contribution >= 0.6 is 0 Å². The first-order chi connectivity index (χ1) is 35.0. The average Bonchev–Trinajstić information content (AvgIpc) is 3.37. The van der Waals surface area contributed by atoms with Gasteiger partial charge in [0.2, 0.25) is 0 Å². The largest absolute Gasteiger partial charge is 0.490 e. The van der Waals surface area contributed by atoms with Crippen LogP contribution in [0.3, 0.4) is 0 Å². The molecule has 0 aliphatic rings. The van der Waals surface area contributed by atoms with Crippen LogP contribution in [0.4, 0.5) is 0 Å². The summed E-state index contributed by atoms with van der Waals surface area (Å²) in [6.07, 6.45) is 41.6. The number of terminal acetylenes is 1. The van der Waals surface area contributed by atoms with Gasteiger partial charge in [-0.3, -0.25) is 4.79 Å². The van der Waals surface area contributed by atoms with Crippen LogP contribution < -0.4 is 28.4 Å². The van der Waals surface area contributed by atoms with Crippen molar-refractivity contribution in [3.63, 3.8) is 0 Å². The van der Waals surface area contributed by atoms with Crippen LogP contribution in [-0.2, 0) is 4.79 Å². The summed E-state index contributed by atoms with van der Waals surface area (Å²) in [5.74, 6) is 6.60. The number of hydrogen-bond acceptors (Lipinski definition) is 7. The maximum Gasteiger partial charge on any atom is 0.311 e. The second-order valence-electron chi connectivity index (χ2n) is 20.1. The van der Waals surface area contributed by atoms with Gasteiger partial charge < -0.3 is 28.4 Å². The molecule has 4 rings (SSSR count). The molecular formula is C64H98O7. The molecule has 0 aliphatic carbocycles. The Balaban J connectivity index is 1.90. The SMILES string of the molecule is C#CCCCCCCCCC(=O)Oc1cc2c3cc(OCCCCCCC)c(OCCCCCCC)cc3c3cc(OCCCCCCC)c(OCCCCCCC)cc3c2cc1OCCCCCCC. The predicted molar refractivity (Wildman–Crippen MR) is 302 cm³/mol. The molecule has 396 valence electrons. The maximum atomic E-state index is 13.8. The highest BCUT2D eigenvalue weighted by Crippen LogP contribution is 2.47. The van der Waals surface area contributed by atoms with Crippen LogP contribution in [0.1, 0.15) is 247 Å². The quantitative estimate of drug-likeness (QED) is 0.0144. The van der Waals surface area contributed by atoms with Crippen LogP contribution in [-0.4, -0.2) is 39.0 Å². The van der Waals surface area contributed by atoms with Crippen LogP contribution in [0.25, 0.3) is 32.3 Å². The normalized spacial score (nSPS) is 11.4. The van der Waals surface area contributed by atoms with Crippen molar-refractivity contribution in [3.05, 3.63) is 36.4 Å². The molecule has 0 aromatic heterocycles. The van der Waals surface area contributed by atoms with Crippen molar-refractivity contribution >= 4 is 38.3 Å². The summed E-state index contributed by atoms with van der Waals surface area (Å²) in [5, 5.41) is 6.10. The minimum atomic E-state index is -0.234. The van der Waals surface area contributed by atoms with E-state index in [2.05, 4.69) is 70.9 Å². The van der Waals surface area contributed by atoms with Crippen LogP contribution in [0.5, 0.6) is 34.5 Å². The third kappa shape index (κ3) is 22.1. The summed E-state index contributed by atoms with van der Waals surface area (Å²) in [5.41, 5.74) is 0. The molecule has 0 amide bonds. The molecule has 7 heteroatoms. The van der Waals surface area contributed by atoms with E-state index in [1.165, 1.54) is 96.3 Å². The zero-order chi connectivity index (χ0) is 50.6. The smallest absolute Gasteiger partial charge is 0.311 e. The maximum absolute atomic E-state index is 13.8. The Morgan fingerprint density at radius 2 is 0.577 bits per heavy atom. The number of esters is 1. The number of unbranched alkanes of at least 4 members (excludes halogenated alkanes) is 26. The molecular weight excluding hydrogens is 881 g/mol. The third-order valence-electron chi connectivity index (χ3n) is 13.8. The molecule has 7 nitrogen and oxygen atoms in total. The van der Waals surface area contributed by atoms with Crippen molar-refractivity contribution in [1.29, 1.82) is 0 Å². The highest BCUT2D eigenvalue weighted by molar-refractivity contribution is 6.27. The fourth-order valence-corrected chi connectivity index (χ4v) is 9.48. The third-order valence-corrected chi connectivity index (χ3v) is 13.8. The summed E-state index contributed by atoms with van der Waals surface area (Å²) in [4.78, 5) is 13.8. The van der Waals surface area contributed by atoms with E-state index < -0.39 is 0 Å². The predicted octanol–water partition coefficient (Wildman–Crippen LogP) is 19.6. The summed E-state index contributed by atoms with van der Waals surface area (Å²) >= 11 is 0. The van der Waals surface area contributed by atoms with E-state index >= 15 is 0 Å². The second-order valence-corrected chi connectivity index (χ2v) is 20.1. The zero-order valence-electron chi connectivity index (χ0n) is 45.8. The van der Waals surface area contributed by atoms with Gasteiger partial charge in [0, 0.05) is 12.8 Å². The summed E-state index contributed by atoms with van der Waals surface area (Å²) < 4.78 is 39.9. The Labute approximate surface area is 432 Å². The van der Waals surface area contributed by atoms with E-state index in [0.717, 1.165) is 164 Å². The average molecular weight is 979 g/mol. The number of ether oxygens (including phenoxy) is 6. The van der Waals surface area contributed by atoms with Gasteiger partial charge in [-0.25, -0.2) is 0 Å². The Morgan fingerprint density at radius 1 is 0.338 bits per heavy atom. The summed E-state index contributed by atoms with van der Waals surface area (Å²) in [6, 6.07) is 12.9. The fraction of sp³-hybridized carbons (Fsp3) is 0.672. The molecule has 0 atom stereocenters. The van der Waals surface area contributed by atoms with Crippen molar-refractivity contribution < 1.29 is 33.2 Å². The number of carbonyl (C=O) groups is 1. The van der Waals surface area contributed by atoms with Gasteiger partial charge in [-0.05, 0) is 114 Å². The molecule has 71 heavy (non-hydrogen) atoms. The van der Waals surface area contributed by atoms with Crippen molar-refractivity contribution in [2.75, 3.05) is 33.0 Å². The van der Waals surface area contributed by atoms with Crippen LogP contribution in [0.2, 0.25) is 0 Å². The molecule has 0 spiro atoms. The monoisotopic (exact) mass is 979 g/mol. The summed E-state index contributed by atoms with van der Waals surface area (Å²) in [7, 11) is 0. The lowest BCUT2D eigenvalue weighted by Gasteiger charge is -2.20. The van der Waals surface area contributed by atoms with Gasteiger partial charge in [0.15, 0.2) is 34.5 Å². The number of carbonyl (C=O) groups excluding carboxylic acids is 1. The molecule has 0 bridgehead atoms. The van der Waals surface area contributed by atoms with Crippen molar-refractivity contribution in [2.24, 2.45) is 0 Å². The molecule has 0 unspecified atom stereocenters. The lowest BCUT2D eigenvalue weighted by molar-refractivity contribution is -0.134. The highest BCUT2D eigenvalue weighted by Gasteiger charge is 2.22. The van der Waals surface area contributed by atoms with Gasteiger partial charge in [0.25, 0.3) is 0 Å². The number of hydrogen-bond donors (Lipinski definition) is 0. The fourth-order valence-electron chi connectivity index (χ4n) is 9.48. The van der Waals surface area contributed by atoms with E-state index in [1.54, 1.807) is 0 Å². The van der Waals surface area contributed by atoms with Gasteiger partial charge in [0.05, 0.1) is 33.0 Å². The molecule has 0 aliphatic heterocycles. The lowest BCUT2D eigenvalue weighted by Crippen LogP contribution is -2.09. The molecule has 0 radical (unpaired) electrons. The molecule has 0 saturated carbocycles. The van der Waals surface area contributed by atoms with Crippen LogP contribution in [0.15, 0.2) is 36.4 Å². The van der Waals surface area contributed by atoms with Gasteiger partial charge in [-0.2, -0.15) is 0 Å². The molecule has 0 saturated heterocycles. The van der Waals surface area contributed by atoms with Crippen molar-refractivity contribution in [3.8, 4) is 46.8 Å². The van der Waals surface area contributed by atoms with Gasteiger partial charge in [-0.1, -0.05) is 189 Å². The molecule has 0 heterocycles. The Morgan fingerprint density at radius 3 is 0.873 bits per heavy atom. The Hall–Kier alpha value is -4.31. The first kappa shape index (κ1) is 59.3. The summed E-state index contributed by atoms with van der Waals surface area (Å²) in [6.45, 7) is 14.3. The second kappa shape index (κ2) is 37.4. The van der Waals surface area contributed by atoms with Crippen LogP contribution in [0, 0.1) is 12.3 Å². The number of fused-ring (bicyclic) bond motifs is 6. The number of benzene rings is 4. The lowest BCUT2D eigenvalue weighted by atomic mass is 9.93. The molecule has 4 aromatic carbocycles. The first-order valence-electron chi connectivity index (χ1n) is 29.3. The van der Waals surface area contributed by atoms with Gasteiger partial charge >= 0.3 is 5.97 Å². The standard InChI is InChI=1S/C64H98O7/c1-7-13-19-25-26-27-28-34-40-64(65)71-63-51-57-55-49-61(69-44-38-32-23-17-11-5)59(67-42-36-30-21-15-9-3)47-53(55)52-46-58(66-41-35-29-20-14-8-2)60(68-43-37-31-22-16-10-4)48-54(52)56(57)50-62(63)70-45-39-33-24-18-12-6/h1,46-51H,8-45H2,2-6H3. The Bertz CT molecular complexity index is 2050. The number of rotatable bonds is 44. The van der Waals surface area contributed by atoms with E-state index in [9.17, 15) is 4.79 Å². The van der Waals surface area contributed by atoms with Crippen molar-refractivity contribution in [1.82, 2.24) is 0 Å². The van der Waals surface area contributed by atoms with Gasteiger partial charge in [-0.15, -0.1) is 12.3 Å². The van der Waals surface area contributed by atoms with Gasteiger partial charge in [0.1, 0.15) is 0 Å². The van der Waals surface area contributed by atoms with Crippen molar-refractivity contribution in [2.45, 2.75) is 247 Å². The zero-order valence-corrected chi connectivity index (χ0v) is 45.8. The molecule has 0 fully saturated rings. The van der Waals surface area contributed by atoms with E-state index in [4.69, 9.17) is 34.8 Å². The highest BCUT2D eigenvalue weighted by atomic mass is 16.6. The Kier molecular flexibility index (Phi) is 31.2. The minimum Gasteiger partial charge on any atom is -0.490 e.